The van der Waals surface area contributed by atoms with E-state index in [1.165, 1.54) is 6.33 Å². The van der Waals surface area contributed by atoms with E-state index >= 15 is 0 Å². The topological polar surface area (TPSA) is 113 Å². The molecule has 1 fully saturated rings. The number of nitrogen functional groups attached to an aromatic ring is 1. The van der Waals surface area contributed by atoms with Crippen LogP contribution in [0.3, 0.4) is 0 Å². The second kappa shape index (κ2) is 13.8. The zero-order valence-electron chi connectivity index (χ0n) is 20.8. The highest BCUT2D eigenvalue weighted by atomic mass is 35.5. The van der Waals surface area contributed by atoms with Gasteiger partial charge in [-0.15, -0.1) is 48.6 Å². The maximum atomic E-state index is 9.39. The van der Waals surface area contributed by atoms with Gasteiger partial charge < -0.3 is 26.2 Å². The summed E-state index contributed by atoms with van der Waals surface area (Å²) in [5.41, 5.74) is 11.7. The predicted molar refractivity (Wildman–Crippen MR) is 158 cm³/mol. The molecule has 1 saturated heterocycles. The highest BCUT2D eigenvalue weighted by Crippen LogP contribution is 2.44. The molecule has 0 saturated carbocycles. The van der Waals surface area contributed by atoms with Crippen LogP contribution < -0.4 is 21.1 Å². The minimum atomic E-state index is 0. The van der Waals surface area contributed by atoms with Crippen molar-refractivity contribution in [2.75, 3.05) is 52.2 Å². The lowest BCUT2D eigenvalue weighted by Crippen LogP contribution is -2.43. The van der Waals surface area contributed by atoms with E-state index in [0.29, 0.717) is 18.9 Å². The largest absolute Gasteiger partial charge is 0.495 e. The van der Waals surface area contributed by atoms with Gasteiger partial charge in [-0.25, -0.2) is 9.50 Å². The second-order valence-corrected chi connectivity index (χ2v) is 9.68. The van der Waals surface area contributed by atoms with E-state index in [1.54, 1.807) is 18.4 Å². The number of methoxy groups -OCH3 is 1. The summed E-state index contributed by atoms with van der Waals surface area (Å²) in [4.78, 5) is 7.87. The van der Waals surface area contributed by atoms with Gasteiger partial charge in [0.25, 0.3) is 0 Å². The first-order chi connectivity index (χ1) is 16.6. The van der Waals surface area contributed by atoms with Gasteiger partial charge in [-0.05, 0) is 35.6 Å². The lowest BCUT2D eigenvalue weighted by atomic mass is 10.1. The summed E-state index contributed by atoms with van der Waals surface area (Å²) in [5.74, 6) is 1.33. The number of fused-ring (bicyclic) bond motifs is 2. The molecule has 1 aliphatic rings. The molecule has 0 radical (unpaired) electrons. The van der Waals surface area contributed by atoms with E-state index in [-0.39, 0.29) is 43.8 Å². The maximum absolute atomic E-state index is 9.39. The number of aryl methyl sites for hydroxylation is 1. The van der Waals surface area contributed by atoms with Crippen LogP contribution in [0.2, 0.25) is 0 Å². The zero-order valence-corrected chi connectivity index (χ0v) is 24.1. The lowest BCUT2D eigenvalue weighted by molar-refractivity contribution is 0.228. The van der Waals surface area contributed by atoms with Gasteiger partial charge in [0.1, 0.15) is 17.6 Å². The molecule has 4 aromatic rings. The fourth-order valence-electron chi connectivity index (χ4n) is 4.75. The minimum Gasteiger partial charge on any atom is -0.495 e. The van der Waals surface area contributed by atoms with Crippen LogP contribution in [0, 0.1) is 6.92 Å². The summed E-state index contributed by atoms with van der Waals surface area (Å²) in [6, 6.07) is 6.46. The Kier molecular flexibility index (Phi) is 11.7. The summed E-state index contributed by atoms with van der Waals surface area (Å²) >= 11 is 1.70. The number of nitrogens with zero attached hydrogens (tertiary/aromatic N) is 4. The molecule has 0 unspecified atom stereocenters. The van der Waals surface area contributed by atoms with Crippen molar-refractivity contribution in [1.29, 1.82) is 0 Å². The van der Waals surface area contributed by atoms with Gasteiger partial charge >= 0.3 is 0 Å². The Hall–Kier alpha value is -1.89. The predicted octanol–water partition coefficient (Wildman–Crippen LogP) is 3.26. The average molecular weight is 591 g/mol. The van der Waals surface area contributed by atoms with Crippen LogP contribution in [0.15, 0.2) is 24.5 Å². The molecule has 3 aromatic heterocycles. The van der Waals surface area contributed by atoms with E-state index in [0.717, 1.165) is 81.3 Å². The molecule has 9 nitrogen and oxygen atoms in total. The third-order valence-corrected chi connectivity index (χ3v) is 7.51. The SMILES string of the molecule is COc1cc(C)cc2cc(-c3c(CNCCO)c(CN4CCNCC4)n4ncnc(N)c34)sc12.Cl.Cl.Cl. The average Bonchev–Trinajstić information content (AvgIpc) is 3.39. The molecule has 37 heavy (non-hydrogen) atoms. The number of thiophene rings is 1. The number of aliphatic hydroxyl groups excluding tert-OH is 1. The van der Waals surface area contributed by atoms with Crippen molar-refractivity contribution in [3.05, 3.63) is 41.3 Å². The number of halogens is 3. The quantitative estimate of drug-likeness (QED) is 0.231. The van der Waals surface area contributed by atoms with E-state index in [4.69, 9.17) is 10.5 Å². The van der Waals surface area contributed by atoms with Crippen LogP contribution >= 0.6 is 48.6 Å². The number of aliphatic hydroxyl groups is 1. The van der Waals surface area contributed by atoms with Crippen LogP contribution in [0.5, 0.6) is 5.75 Å². The lowest BCUT2D eigenvalue weighted by Gasteiger charge is -2.27. The molecule has 5 rings (SSSR count). The Bertz CT molecular complexity index is 1330. The fourth-order valence-corrected chi connectivity index (χ4v) is 5.96. The van der Waals surface area contributed by atoms with Crippen LogP contribution in [-0.4, -0.2) is 71.0 Å². The summed E-state index contributed by atoms with van der Waals surface area (Å²) in [7, 11) is 1.71. The molecule has 5 N–H and O–H groups in total. The number of ether oxygens (including phenoxy) is 1. The van der Waals surface area contributed by atoms with Gasteiger partial charge in [-0.3, -0.25) is 4.90 Å². The van der Waals surface area contributed by atoms with E-state index in [2.05, 4.69) is 50.7 Å². The molecule has 1 aliphatic heterocycles. The molecule has 13 heteroatoms. The minimum absolute atomic E-state index is 0. The first-order valence-corrected chi connectivity index (χ1v) is 12.4. The number of anilines is 1. The smallest absolute Gasteiger partial charge is 0.152 e. The number of benzene rings is 1. The third-order valence-electron chi connectivity index (χ3n) is 6.33. The van der Waals surface area contributed by atoms with Crippen molar-refractivity contribution in [2.45, 2.75) is 20.0 Å². The van der Waals surface area contributed by atoms with Crippen molar-refractivity contribution in [1.82, 2.24) is 30.1 Å². The van der Waals surface area contributed by atoms with Crippen LogP contribution in [0.25, 0.3) is 26.0 Å². The van der Waals surface area contributed by atoms with Crippen molar-refractivity contribution in [3.8, 4) is 16.2 Å². The molecule has 0 amide bonds. The Labute approximate surface area is 239 Å². The van der Waals surface area contributed by atoms with Crippen LogP contribution in [0.1, 0.15) is 16.8 Å². The van der Waals surface area contributed by atoms with Gasteiger partial charge in [-0.1, -0.05) is 6.07 Å². The highest BCUT2D eigenvalue weighted by molar-refractivity contribution is 7.22. The molecule has 0 atom stereocenters. The highest BCUT2D eigenvalue weighted by Gasteiger charge is 2.26. The second-order valence-electron chi connectivity index (χ2n) is 8.63. The monoisotopic (exact) mass is 589 g/mol. The molecular formula is C24H34Cl3N7O2S. The fraction of sp³-hybridized carbons (Fsp3) is 0.417. The number of piperazine rings is 1. The van der Waals surface area contributed by atoms with E-state index in [1.807, 2.05) is 4.52 Å². The number of aromatic nitrogens is 3. The number of nitrogens with two attached hydrogens (primary N) is 1. The van der Waals surface area contributed by atoms with Gasteiger partial charge in [0.15, 0.2) is 5.82 Å². The number of hydrogen-bond acceptors (Lipinski definition) is 9. The van der Waals surface area contributed by atoms with Gasteiger partial charge in [-0.2, -0.15) is 5.10 Å². The van der Waals surface area contributed by atoms with Crippen molar-refractivity contribution >= 4 is 70.0 Å². The summed E-state index contributed by atoms with van der Waals surface area (Å²) in [5, 5.41) is 22.0. The Morgan fingerprint density at radius 2 is 1.95 bits per heavy atom. The molecular weight excluding hydrogens is 557 g/mol. The Balaban J connectivity index is 0.00000160. The molecule has 0 spiro atoms. The van der Waals surface area contributed by atoms with Crippen LogP contribution in [0.4, 0.5) is 5.82 Å². The van der Waals surface area contributed by atoms with Crippen LogP contribution in [-0.2, 0) is 13.1 Å². The summed E-state index contributed by atoms with van der Waals surface area (Å²) in [6.45, 7) is 7.94. The molecule has 0 bridgehead atoms. The van der Waals surface area contributed by atoms with E-state index in [9.17, 15) is 5.11 Å². The molecule has 1 aromatic carbocycles. The Morgan fingerprint density at radius 3 is 2.65 bits per heavy atom. The summed E-state index contributed by atoms with van der Waals surface area (Å²) in [6.07, 6.45) is 1.52. The summed E-state index contributed by atoms with van der Waals surface area (Å²) < 4.78 is 8.76. The maximum Gasteiger partial charge on any atom is 0.152 e. The van der Waals surface area contributed by atoms with Crippen molar-refractivity contribution < 1.29 is 9.84 Å². The standard InChI is InChI=1S/C24H31N7O2S.3ClH/c1-15-9-16-11-20(34-23(16)19(10-15)33-2)21-17(12-27-5-8-32)18(13-30-6-3-26-4-7-30)31-22(21)24(25)28-14-29-31;;;/h9-11,14,26-27,32H,3-8,12-13H2,1-2H3,(H2,25,28,29);3*1H. The van der Waals surface area contributed by atoms with Gasteiger partial charge in [0, 0.05) is 56.3 Å². The Morgan fingerprint density at radius 1 is 1.19 bits per heavy atom. The first kappa shape index (κ1) is 31.3. The van der Waals surface area contributed by atoms with Crippen molar-refractivity contribution in [3.63, 3.8) is 0 Å². The normalized spacial score (nSPS) is 13.7. The number of nitrogens with one attached hydrogen (secondary N) is 2. The number of rotatable bonds is 8. The number of hydrogen-bond donors (Lipinski definition) is 4. The molecule has 0 aliphatic carbocycles. The van der Waals surface area contributed by atoms with E-state index < -0.39 is 0 Å². The first-order valence-electron chi connectivity index (χ1n) is 11.6. The molecule has 204 valence electrons. The third kappa shape index (κ3) is 6.23. The van der Waals surface area contributed by atoms with Gasteiger partial charge in [0.05, 0.1) is 24.1 Å². The van der Waals surface area contributed by atoms with Crippen molar-refractivity contribution in [2.24, 2.45) is 0 Å². The zero-order chi connectivity index (χ0) is 23.7. The molecule has 4 heterocycles. The van der Waals surface area contributed by atoms with Gasteiger partial charge in [0.2, 0.25) is 0 Å².